The number of carbonyl (C=O) groups excluding carboxylic acids is 3. The molecular weight excluding hydrogens is 272 g/mol. The van der Waals surface area contributed by atoms with E-state index in [0.717, 1.165) is 5.69 Å². The zero-order valence-corrected chi connectivity index (χ0v) is 12.2. The molecule has 7 nitrogen and oxygen atoms in total. The van der Waals surface area contributed by atoms with Crippen LogP contribution in [0.4, 0.5) is 11.4 Å². The summed E-state index contributed by atoms with van der Waals surface area (Å²) in [6.07, 6.45) is 1.15. The summed E-state index contributed by atoms with van der Waals surface area (Å²) in [5.41, 5.74) is 1.56. The van der Waals surface area contributed by atoms with Gasteiger partial charge in [0.05, 0.1) is 0 Å². The van der Waals surface area contributed by atoms with Gasteiger partial charge in [-0.15, -0.1) is 0 Å². The molecule has 0 saturated heterocycles. The van der Waals surface area contributed by atoms with Crippen molar-refractivity contribution in [3.8, 4) is 0 Å². The predicted octanol–water partition coefficient (Wildman–Crippen LogP) is -0.0566. The van der Waals surface area contributed by atoms with Gasteiger partial charge in [0, 0.05) is 38.6 Å². The Hall–Kier alpha value is -2.57. The van der Waals surface area contributed by atoms with Crippen molar-refractivity contribution in [2.24, 2.45) is 0 Å². The molecule has 0 fully saturated rings. The van der Waals surface area contributed by atoms with Crippen LogP contribution in [0.3, 0.4) is 0 Å². The first-order chi connectivity index (χ1) is 10.0. The van der Waals surface area contributed by atoms with Gasteiger partial charge in [-0.2, -0.15) is 0 Å². The summed E-state index contributed by atoms with van der Waals surface area (Å²) in [4.78, 5) is 35.1. The Bertz CT molecular complexity index is 485. The van der Waals surface area contributed by atoms with Crippen LogP contribution in [0.25, 0.3) is 0 Å². The highest BCUT2D eigenvalue weighted by Gasteiger charge is 2.12. The van der Waals surface area contributed by atoms with Crippen LogP contribution in [0.15, 0.2) is 24.3 Å². The van der Waals surface area contributed by atoms with Gasteiger partial charge in [0.2, 0.25) is 6.41 Å². The van der Waals surface area contributed by atoms with E-state index in [4.69, 9.17) is 0 Å². The Morgan fingerprint density at radius 1 is 1.10 bits per heavy atom. The van der Waals surface area contributed by atoms with Crippen LogP contribution >= 0.6 is 0 Å². The number of rotatable bonds is 7. The number of hydrogen-bond donors (Lipinski definition) is 3. The number of amides is 3. The Morgan fingerprint density at radius 3 is 2.33 bits per heavy atom. The summed E-state index contributed by atoms with van der Waals surface area (Å²) < 4.78 is 0. The van der Waals surface area contributed by atoms with Gasteiger partial charge in [-0.05, 0) is 30.7 Å². The average Bonchev–Trinajstić information content (AvgIpc) is 2.47. The quantitative estimate of drug-likeness (QED) is 0.373. The molecule has 0 aliphatic carbocycles. The molecule has 0 aromatic heterocycles. The monoisotopic (exact) mass is 292 g/mol. The number of hydrogen-bond acceptors (Lipinski definition) is 4. The van der Waals surface area contributed by atoms with E-state index in [1.807, 2.05) is 31.1 Å². The Labute approximate surface area is 123 Å². The molecular formula is C14H20N4O3. The van der Waals surface area contributed by atoms with Crippen LogP contribution in [0.2, 0.25) is 0 Å². The van der Waals surface area contributed by atoms with Crippen molar-refractivity contribution in [3.05, 3.63) is 24.3 Å². The van der Waals surface area contributed by atoms with Crippen molar-refractivity contribution in [1.29, 1.82) is 0 Å². The minimum atomic E-state index is -0.712. The molecule has 0 aliphatic heterocycles. The summed E-state index contributed by atoms with van der Waals surface area (Å²) in [7, 11) is 3.83. The van der Waals surface area contributed by atoms with Crippen LogP contribution in [0.1, 0.15) is 6.42 Å². The zero-order chi connectivity index (χ0) is 15.7. The maximum Gasteiger partial charge on any atom is 0.313 e. The van der Waals surface area contributed by atoms with Gasteiger partial charge in [-0.3, -0.25) is 14.4 Å². The minimum absolute atomic E-state index is 0.326. The first-order valence-corrected chi connectivity index (χ1v) is 6.58. The Balaban J connectivity index is 2.38. The first-order valence-electron chi connectivity index (χ1n) is 6.58. The SMILES string of the molecule is CN(C)c1ccc(NC(=O)C(=O)NCCCNC=O)cc1. The van der Waals surface area contributed by atoms with Crippen molar-refractivity contribution in [3.63, 3.8) is 0 Å². The molecule has 21 heavy (non-hydrogen) atoms. The fraction of sp³-hybridized carbons (Fsp3) is 0.357. The second-order valence-electron chi connectivity index (χ2n) is 4.58. The number of anilines is 2. The van der Waals surface area contributed by atoms with Crippen molar-refractivity contribution in [1.82, 2.24) is 10.6 Å². The van der Waals surface area contributed by atoms with Crippen LogP contribution in [0.5, 0.6) is 0 Å². The van der Waals surface area contributed by atoms with E-state index in [2.05, 4.69) is 16.0 Å². The van der Waals surface area contributed by atoms with E-state index in [1.165, 1.54) is 0 Å². The highest BCUT2D eigenvalue weighted by Crippen LogP contribution is 2.15. The normalized spacial score (nSPS) is 9.62. The average molecular weight is 292 g/mol. The Morgan fingerprint density at radius 2 is 1.76 bits per heavy atom. The van der Waals surface area contributed by atoms with E-state index >= 15 is 0 Å². The maximum atomic E-state index is 11.6. The third-order valence-corrected chi connectivity index (χ3v) is 2.71. The van der Waals surface area contributed by atoms with E-state index in [9.17, 15) is 14.4 Å². The standard InChI is InChI=1S/C14H20N4O3/c1-18(2)12-6-4-11(5-7-12)17-14(21)13(20)16-9-3-8-15-10-19/h4-7,10H,3,8-9H2,1-2H3,(H,15,19)(H,16,20)(H,17,21). The van der Waals surface area contributed by atoms with E-state index in [0.29, 0.717) is 31.6 Å². The molecule has 7 heteroatoms. The lowest BCUT2D eigenvalue weighted by atomic mass is 10.2. The fourth-order valence-electron chi connectivity index (χ4n) is 1.56. The topological polar surface area (TPSA) is 90.5 Å². The van der Waals surface area contributed by atoms with Crippen LogP contribution in [-0.2, 0) is 14.4 Å². The lowest BCUT2D eigenvalue weighted by Gasteiger charge is -2.13. The van der Waals surface area contributed by atoms with Gasteiger partial charge in [0.15, 0.2) is 0 Å². The van der Waals surface area contributed by atoms with Gasteiger partial charge < -0.3 is 20.9 Å². The van der Waals surface area contributed by atoms with E-state index in [1.54, 1.807) is 12.1 Å². The molecule has 0 bridgehead atoms. The molecule has 1 aromatic rings. The summed E-state index contributed by atoms with van der Waals surface area (Å²) in [6, 6.07) is 7.15. The Kier molecular flexibility index (Phi) is 6.73. The molecule has 0 heterocycles. The van der Waals surface area contributed by atoms with Gasteiger partial charge in [-0.25, -0.2) is 0 Å². The fourth-order valence-corrected chi connectivity index (χ4v) is 1.56. The zero-order valence-electron chi connectivity index (χ0n) is 12.2. The molecule has 1 aromatic carbocycles. The van der Waals surface area contributed by atoms with Crippen LogP contribution < -0.4 is 20.9 Å². The number of carbonyl (C=O) groups is 3. The molecule has 0 spiro atoms. The van der Waals surface area contributed by atoms with Crippen LogP contribution in [-0.4, -0.2) is 45.4 Å². The predicted molar refractivity (Wildman–Crippen MR) is 81.1 cm³/mol. The largest absolute Gasteiger partial charge is 0.378 e. The first kappa shape index (κ1) is 16.5. The van der Waals surface area contributed by atoms with E-state index in [-0.39, 0.29) is 0 Å². The van der Waals surface area contributed by atoms with Crippen LogP contribution in [0, 0.1) is 0 Å². The molecule has 114 valence electrons. The van der Waals surface area contributed by atoms with Crippen molar-refractivity contribution < 1.29 is 14.4 Å². The highest BCUT2D eigenvalue weighted by molar-refractivity contribution is 6.39. The molecule has 3 N–H and O–H groups in total. The third-order valence-electron chi connectivity index (χ3n) is 2.71. The van der Waals surface area contributed by atoms with Gasteiger partial charge in [-0.1, -0.05) is 0 Å². The lowest BCUT2D eigenvalue weighted by Crippen LogP contribution is -2.36. The molecule has 0 atom stereocenters. The van der Waals surface area contributed by atoms with E-state index < -0.39 is 11.8 Å². The summed E-state index contributed by atoms with van der Waals surface area (Å²) >= 11 is 0. The van der Waals surface area contributed by atoms with Gasteiger partial charge in [0.25, 0.3) is 0 Å². The summed E-state index contributed by atoms with van der Waals surface area (Å²) in [6.45, 7) is 0.782. The smallest absolute Gasteiger partial charge is 0.313 e. The molecule has 0 radical (unpaired) electrons. The van der Waals surface area contributed by atoms with Gasteiger partial charge in [0.1, 0.15) is 0 Å². The second kappa shape index (κ2) is 8.57. The molecule has 0 saturated carbocycles. The third kappa shape index (κ3) is 5.94. The molecule has 0 aliphatic rings. The lowest BCUT2D eigenvalue weighted by molar-refractivity contribution is -0.136. The number of benzene rings is 1. The molecule has 3 amide bonds. The molecule has 1 rings (SSSR count). The molecule has 0 unspecified atom stereocenters. The summed E-state index contributed by atoms with van der Waals surface area (Å²) in [5.74, 6) is -1.41. The number of nitrogens with zero attached hydrogens (tertiary/aromatic N) is 1. The van der Waals surface area contributed by atoms with Crippen molar-refractivity contribution >= 4 is 29.6 Å². The maximum absolute atomic E-state index is 11.6. The summed E-state index contributed by atoms with van der Waals surface area (Å²) in [5, 5.41) is 7.46. The highest BCUT2D eigenvalue weighted by atomic mass is 16.2. The van der Waals surface area contributed by atoms with Crippen molar-refractivity contribution in [2.45, 2.75) is 6.42 Å². The van der Waals surface area contributed by atoms with Gasteiger partial charge >= 0.3 is 11.8 Å². The second-order valence-corrected chi connectivity index (χ2v) is 4.58. The number of nitrogens with one attached hydrogen (secondary N) is 3. The minimum Gasteiger partial charge on any atom is -0.378 e. The van der Waals surface area contributed by atoms with Crippen molar-refractivity contribution in [2.75, 3.05) is 37.4 Å².